The van der Waals surface area contributed by atoms with Gasteiger partial charge in [0, 0.05) is 30.7 Å². The molecule has 1 saturated heterocycles. The van der Waals surface area contributed by atoms with Gasteiger partial charge >= 0.3 is 0 Å². The van der Waals surface area contributed by atoms with E-state index in [1.807, 2.05) is 17.5 Å². The van der Waals surface area contributed by atoms with Crippen LogP contribution < -0.4 is 5.32 Å². The molecular weight excluding hydrogens is 343 g/mol. The SMILES string of the molecule is O=C(CCN1C(=O)CCC1=O)N[C@H](c1ccc(F)cc1)c1cccs1. The smallest absolute Gasteiger partial charge is 0.229 e. The van der Waals surface area contributed by atoms with Crippen molar-refractivity contribution in [2.24, 2.45) is 0 Å². The molecule has 3 rings (SSSR count). The zero-order chi connectivity index (χ0) is 17.8. The highest BCUT2D eigenvalue weighted by Crippen LogP contribution is 2.26. The van der Waals surface area contributed by atoms with Crippen LogP contribution in [0.15, 0.2) is 41.8 Å². The number of carbonyl (C=O) groups excluding carboxylic acids is 3. The van der Waals surface area contributed by atoms with E-state index in [2.05, 4.69) is 5.32 Å². The number of hydrogen-bond acceptors (Lipinski definition) is 4. The van der Waals surface area contributed by atoms with Crippen molar-refractivity contribution in [2.45, 2.75) is 25.3 Å². The van der Waals surface area contributed by atoms with Crippen molar-refractivity contribution in [3.63, 3.8) is 0 Å². The van der Waals surface area contributed by atoms with E-state index in [4.69, 9.17) is 0 Å². The number of amides is 3. The van der Waals surface area contributed by atoms with Gasteiger partial charge in [-0.25, -0.2) is 4.39 Å². The number of carbonyl (C=O) groups is 3. The van der Waals surface area contributed by atoms with Crippen LogP contribution in [0.2, 0.25) is 0 Å². The molecule has 25 heavy (non-hydrogen) atoms. The molecule has 1 aromatic carbocycles. The van der Waals surface area contributed by atoms with Gasteiger partial charge in [0.15, 0.2) is 0 Å². The molecule has 3 amide bonds. The third kappa shape index (κ3) is 4.11. The lowest BCUT2D eigenvalue weighted by Gasteiger charge is -2.19. The molecule has 0 unspecified atom stereocenters. The van der Waals surface area contributed by atoms with Crippen LogP contribution in [-0.2, 0) is 14.4 Å². The first-order valence-electron chi connectivity index (χ1n) is 7.96. The van der Waals surface area contributed by atoms with Crippen molar-refractivity contribution in [2.75, 3.05) is 6.54 Å². The number of imide groups is 1. The molecule has 130 valence electrons. The average molecular weight is 360 g/mol. The normalized spacial score (nSPS) is 15.5. The molecule has 1 N–H and O–H groups in total. The molecule has 0 radical (unpaired) electrons. The van der Waals surface area contributed by atoms with Gasteiger partial charge in [0.05, 0.1) is 6.04 Å². The summed E-state index contributed by atoms with van der Waals surface area (Å²) in [5.74, 6) is -1.07. The van der Waals surface area contributed by atoms with Crippen LogP contribution in [0.5, 0.6) is 0 Å². The summed E-state index contributed by atoms with van der Waals surface area (Å²) in [6.07, 6.45) is 0.474. The summed E-state index contributed by atoms with van der Waals surface area (Å²) in [7, 11) is 0. The minimum absolute atomic E-state index is 0.0422. The van der Waals surface area contributed by atoms with E-state index in [-0.39, 0.29) is 49.3 Å². The fourth-order valence-corrected chi connectivity index (χ4v) is 3.55. The predicted octanol–water partition coefficient (Wildman–Crippen LogP) is 2.63. The minimum Gasteiger partial charge on any atom is -0.344 e. The second-order valence-corrected chi connectivity index (χ2v) is 6.74. The number of thiophene rings is 1. The highest BCUT2D eigenvalue weighted by molar-refractivity contribution is 7.10. The highest BCUT2D eigenvalue weighted by Gasteiger charge is 2.29. The predicted molar refractivity (Wildman–Crippen MR) is 91.3 cm³/mol. The second-order valence-electron chi connectivity index (χ2n) is 5.76. The second kappa shape index (κ2) is 7.57. The lowest BCUT2D eigenvalue weighted by molar-refractivity contribution is -0.138. The van der Waals surface area contributed by atoms with E-state index in [1.165, 1.54) is 23.5 Å². The van der Waals surface area contributed by atoms with Gasteiger partial charge < -0.3 is 5.32 Å². The zero-order valence-electron chi connectivity index (χ0n) is 13.4. The van der Waals surface area contributed by atoms with Crippen molar-refractivity contribution in [3.8, 4) is 0 Å². The highest BCUT2D eigenvalue weighted by atomic mass is 32.1. The van der Waals surface area contributed by atoms with Gasteiger partial charge in [0.1, 0.15) is 5.82 Å². The molecule has 1 aliphatic heterocycles. The van der Waals surface area contributed by atoms with Crippen LogP contribution in [0.4, 0.5) is 4.39 Å². The fourth-order valence-electron chi connectivity index (χ4n) is 2.75. The van der Waals surface area contributed by atoms with Crippen molar-refractivity contribution >= 4 is 29.1 Å². The van der Waals surface area contributed by atoms with Crippen LogP contribution in [0, 0.1) is 5.82 Å². The summed E-state index contributed by atoms with van der Waals surface area (Å²) in [5.41, 5.74) is 0.769. The maximum atomic E-state index is 13.2. The van der Waals surface area contributed by atoms with Gasteiger partial charge in [-0.2, -0.15) is 0 Å². The molecule has 0 bridgehead atoms. The molecule has 1 aromatic heterocycles. The summed E-state index contributed by atoms with van der Waals surface area (Å²) in [4.78, 5) is 37.6. The van der Waals surface area contributed by atoms with E-state index < -0.39 is 6.04 Å². The Bertz CT molecular complexity index is 758. The molecule has 0 spiro atoms. The number of rotatable bonds is 6. The molecule has 7 heteroatoms. The molecule has 2 aromatic rings. The largest absolute Gasteiger partial charge is 0.344 e. The van der Waals surface area contributed by atoms with Crippen LogP contribution >= 0.6 is 11.3 Å². The topological polar surface area (TPSA) is 66.5 Å². The fraction of sp³-hybridized carbons (Fsp3) is 0.278. The molecule has 0 aliphatic carbocycles. The molecule has 1 fully saturated rings. The monoisotopic (exact) mass is 360 g/mol. The van der Waals surface area contributed by atoms with Gasteiger partial charge in [0.2, 0.25) is 17.7 Å². The molecule has 5 nitrogen and oxygen atoms in total. The number of hydrogen-bond donors (Lipinski definition) is 1. The third-order valence-corrected chi connectivity index (χ3v) is 4.99. The van der Waals surface area contributed by atoms with Crippen LogP contribution in [0.1, 0.15) is 35.7 Å². The van der Waals surface area contributed by atoms with Gasteiger partial charge in [-0.3, -0.25) is 19.3 Å². The number of nitrogens with zero attached hydrogens (tertiary/aromatic N) is 1. The standard InChI is InChI=1S/C18H17FN2O3S/c19-13-5-3-12(4-6-13)18(14-2-1-11-25-14)20-15(22)9-10-21-16(23)7-8-17(21)24/h1-6,11,18H,7-10H2,(H,20,22)/t18-/m1/s1. The molecule has 0 saturated carbocycles. The zero-order valence-corrected chi connectivity index (χ0v) is 14.2. The maximum Gasteiger partial charge on any atom is 0.229 e. The average Bonchev–Trinajstić information content (AvgIpc) is 3.23. The van der Waals surface area contributed by atoms with E-state index in [0.29, 0.717) is 0 Å². The van der Waals surface area contributed by atoms with E-state index >= 15 is 0 Å². The van der Waals surface area contributed by atoms with E-state index in [0.717, 1.165) is 15.3 Å². The Morgan fingerprint density at radius 3 is 2.44 bits per heavy atom. The number of likely N-dealkylation sites (tertiary alicyclic amines) is 1. The first-order valence-corrected chi connectivity index (χ1v) is 8.84. The number of benzene rings is 1. The van der Waals surface area contributed by atoms with Crippen molar-refractivity contribution in [3.05, 3.63) is 58.0 Å². The summed E-state index contributed by atoms with van der Waals surface area (Å²) in [6.45, 7) is 0.0874. The summed E-state index contributed by atoms with van der Waals surface area (Å²) in [5, 5.41) is 4.81. The Hall–Kier alpha value is -2.54. The maximum absolute atomic E-state index is 13.2. The van der Waals surface area contributed by atoms with Crippen molar-refractivity contribution in [1.82, 2.24) is 10.2 Å². The van der Waals surface area contributed by atoms with Gasteiger partial charge in [-0.1, -0.05) is 18.2 Å². The van der Waals surface area contributed by atoms with Crippen LogP contribution in [0.3, 0.4) is 0 Å². The summed E-state index contributed by atoms with van der Waals surface area (Å²) >= 11 is 1.49. The molecule has 1 atom stereocenters. The lowest BCUT2D eigenvalue weighted by Crippen LogP contribution is -2.35. The van der Waals surface area contributed by atoms with E-state index in [9.17, 15) is 18.8 Å². The molecule has 2 heterocycles. The Balaban J connectivity index is 1.68. The quantitative estimate of drug-likeness (QED) is 0.806. The summed E-state index contributed by atoms with van der Waals surface area (Å²) in [6, 6.07) is 9.35. The first kappa shape index (κ1) is 17.3. The van der Waals surface area contributed by atoms with Crippen LogP contribution in [0.25, 0.3) is 0 Å². The van der Waals surface area contributed by atoms with E-state index in [1.54, 1.807) is 12.1 Å². The Morgan fingerprint density at radius 2 is 1.84 bits per heavy atom. The summed E-state index contributed by atoms with van der Waals surface area (Å²) < 4.78 is 13.2. The van der Waals surface area contributed by atoms with Gasteiger partial charge in [-0.05, 0) is 29.1 Å². The van der Waals surface area contributed by atoms with Crippen molar-refractivity contribution < 1.29 is 18.8 Å². The number of halogens is 1. The molecular formula is C18H17FN2O3S. The first-order chi connectivity index (χ1) is 12.0. The Labute approximate surface area is 148 Å². The van der Waals surface area contributed by atoms with Gasteiger partial charge in [0.25, 0.3) is 0 Å². The van der Waals surface area contributed by atoms with Gasteiger partial charge in [-0.15, -0.1) is 11.3 Å². The number of nitrogens with one attached hydrogen (secondary N) is 1. The molecule has 1 aliphatic rings. The Kier molecular flexibility index (Phi) is 5.23. The Morgan fingerprint density at radius 1 is 1.16 bits per heavy atom. The lowest BCUT2D eigenvalue weighted by atomic mass is 10.0. The minimum atomic E-state index is -0.391. The third-order valence-electron chi connectivity index (χ3n) is 4.05. The van der Waals surface area contributed by atoms with Crippen molar-refractivity contribution in [1.29, 1.82) is 0 Å². The van der Waals surface area contributed by atoms with Crippen LogP contribution in [-0.4, -0.2) is 29.2 Å².